The number of aryl methyl sites for hydroxylation is 2. The maximum absolute atomic E-state index is 4.46. The Balaban J connectivity index is 1.80. The van der Waals surface area contributed by atoms with Crippen molar-refractivity contribution in [3.8, 4) is 0 Å². The van der Waals surface area contributed by atoms with Crippen LogP contribution in [0.5, 0.6) is 0 Å². The molecule has 0 saturated carbocycles. The molecular weight excluding hydrogens is 302 g/mol. The van der Waals surface area contributed by atoms with E-state index in [1.54, 1.807) is 0 Å². The molecule has 1 unspecified atom stereocenters. The SMILES string of the molecule is CN=C(NCc1c(C)nn(C)c1C)NCC(C)N1CCN(C)CC1. The standard InChI is InChI=1S/C17H33N7/c1-13(24-9-7-22(5)8-10-24)11-19-17(18-4)20-12-16-14(2)21-23(6)15(16)3/h13H,7-12H2,1-6H3,(H2,18,19,20). The van der Waals surface area contributed by atoms with Crippen molar-refractivity contribution in [1.82, 2.24) is 30.2 Å². The Morgan fingerprint density at radius 1 is 1.17 bits per heavy atom. The van der Waals surface area contributed by atoms with Crippen molar-refractivity contribution in [2.75, 3.05) is 46.8 Å². The fourth-order valence-electron chi connectivity index (χ4n) is 3.10. The van der Waals surface area contributed by atoms with Gasteiger partial charge in [0.2, 0.25) is 0 Å². The summed E-state index contributed by atoms with van der Waals surface area (Å²) in [6, 6.07) is 0.499. The minimum absolute atomic E-state index is 0.499. The molecule has 2 rings (SSSR count). The summed E-state index contributed by atoms with van der Waals surface area (Å²) in [4.78, 5) is 9.26. The molecule has 1 aromatic heterocycles. The predicted molar refractivity (Wildman–Crippen MR) is 99.4 cm³/mol. The molecule has 0 bridgehead atoms. The van der Waals surface area contributed by atoms with Gasteiger partial charge in [-0.25, -0.2) is 0 Å². The minimum Gasteiger partial charge on any atom is -0.355 e. The van der Waals surface area contributed by atoms with Crippen LogP contribution in [-0.2, 0) is 13.6 Å². The molecule has 7 heteroatoms. The van der Waals surface area contributed by atoms with E-state index in [1.807, 2.05) is 18.8 Å². The zero-order chi connectivity index (χ0) is 17.7. The van der Waals surface area contributed by atoms with Crippen LogP contribution < -0.4 is 10.6 Å². The number of aliphatic imine (C=N–C) groups is 1. The fraction of sp³-hybridized carbons (Fsp3) is 0.765. The highest BCUT2D eigenvalue weighted by molar-refractivity contribution is 5.79. The van der Waals surface area contributed by atoms with E-state index in [0.29, 0.717) is 6.04 Å². The van der Waals surface area contributed by atoms with Crippen LogP contribution in [-0.4, -0.2) is 78.4 Å². The molecule has 7 nitrogen and oxygen atoms in total. The van der Waals surface area contributed by atoms with Crippen LogP contribution in [0.25, 0.3) is 0 Å². The van der Waals surface area contributed by atoms with Gasteiger partial charge in [-0.3, -0.25) is 14.6 Å². The second-order valence-electron chi connectivity index (χ2n) is 6.77. The Labute approximate surface area is 146 Å². The van der Waals surface area contributed by atoms with E-state index >= 15 is 0 Å². The van der Waals surface area contributed by atoms with E-state index < -0.39 is 0 Å². The molecule has 1 aliphatic heterocycles. The maximum atomic E-state index is 4.46. The number of likely N-dealkylation sites (N-methyl/N-ethyl adjacent to an activating group) is 1. The third kappa shape index (κ3) is 4.70. The normalized spacial score (nSPS) is 18.7. The molecule has 1 aromatic rings. The molecule has 1 atom stereocenters. The summed E-state index contributed by atoms with van der Waals surface area (Å²) in [6.45, 7) is 12.6. The van der Waals surface area contributed by atoms with E-state index in [2.05, 4.69) is 58.3 Å². The molecule has 1 saturated heterocycles. The molecule has 0 aliphatic carbocycles. The van der Waals surface area contributed by atoms with Crippen molar-refractivity contribution in [1.29, 1.82) is 0 Å². The van der Waals surface area contributed by atoms with E-state index in [-0.39, 0.29) is 0 Å². The van der Waals surface area contributed by atoms with Gasteiger partial charge in [-0.1, -0.05) is 0 Å². The Bertz CT molecular complexity index is 556. The molecule has 2 heterocycles. The quantitative estimate of drug-likeness (QED) is 0.600. The smallest absolute Gasteiger partial charge is 0.191 e. The summed E-state index contributed by atoms with van der Waals surface area (Å²) in [5.74, 6) is 0.846. The van der Waals surface area contributed by atoms with Gasteiger partial charge in [0.1, 0.15) is 0 Å². The monoisotopic (exact) mass is 335 g/mol. The fourth-order valence-corrected chi connectivity index (χ4v) is 3.10. The topological polar surface area (TPSA) is 60.7 Å². The molecule has 0 aromatic carbocycles. The predicted octanol–water partition coefficient (Wildman–Crippen LogP) is 0.338. The number of nitrogens with one attached hydrogen (secondary N) is 2. The van der Waals surface area contributed by atoms with Gasteiger partial charge < -0.3 is 15.5 Å². The lowest BCUT2D eigenvalue weighted by Gasteiger charge is -2.36. The second kappa shape index (κ2) is 8.48. The lowest BCUT2D eigenvalue weighted by atomic mass is 10.2. The number of piperazine rings is 1. The summed E-state index contributed by atoms with van der Waals surface area (Å²) in [5, 5.41) is 11.3. The Hall–Kier alpha value is -1.60. The van der Waals surface area contributed by atoms with Gasteiger partial charge in [-0.15, -0.1) is 0 Å². The van der Waals surface area contributed by atoms with Crippen molar-refractivity contribution >= 4 is 5.96 Å². The van der Waals surface area contributed by atoms with Crippen molar-refractivity contribution in [3.63, 3.8) is 0 Å². The van der Waals surface area contributed by atoms with Gasteiger partial charge >= 0.3 is 0 Å². The molecule has 1 aliphatic rings. The summed E-state index contributed by atoms with van der Waals surface area (Å²) in [7, 11) is 5.99. The lowest BCUT2D eigenvalue weighted by molar-refractivity contribution is 0.120. The van der Waals surface area contributed by atoms with Crippen LogP contribution in [0.4, 0.5) is 0 Å². The van der Waals surface area contributed by atoms with Crippen LogP contribution in [0.2, 0.25) is 0 Å². The number of hydrogen-bond donors (Lipinski definition) is 2. The van der Waals surface area contributed by atoms with Gasteiger partial charge in [-0.05, 0) is 27.8 Å². The van der Waals surface area contributed by atoms with Crippen molar-refractivity contribution in [2.24, 2.45) is 12.0 Å². The Morgan fingerprint density at radius 2 is 1.83 bits per heavy atom. The third-order valence-electron chi connectivity index (χ3n) is 5.04. The highest BCUT2D eigenvalue weighted by Crippen LogP contribution is 2.11. The molecule has 1 fully saturated rings. The summed E-state index contributed by atoms with van der Waals surface area (Å²) < 4.78 is 1.93. The number of guanidine groups is 1. The van der Waals surface area contributed by atoms with Gasteiger partial charge in [0, 0.05) is 70.7 Å². The lowest BCUT2D eigenvalue weighted by Crippen LogP contribution is -2.52. The molecule has 0 radical (unpaired) electrons. The summed E-state index contributed by atoms with van der Waals surface area (Å²) in [6.07, 6.45) is 0. The van der Waals surface area contributed by atoms with Gasteiger partial charge in [0.15, 0.2) is 5.96 Å². The first-order valence-electron chi connectivity index (χ1n) is 8.78. The first kappa shape index (κ1) is 18.7. The Kier molecular flexibility index (Phi) is 6.62. The van der Waals surface area contributed by atoms with Gasteiger partial charge in [0.05, 0.1) is 5.69 Å². The first-order valence-corrected chi connectivity index (χ1v) is 8.78. The largest absolute Gasteiger partial charge is 0.355 e. The van der Waals surface area contributed by atoms with E-state index in [0.717, 1.165) is 50.9 Å². The molecule has 2 N–H and O–H groups in total. The number of hydrogen-bond acceptors (Lipinski definition) is 4. The first-order chi connectivity index (χ1) is 11.4. The minimum atomic E-state index is 0.499. The van der Waals surface area contributed by atoms with Crippen LogP contribution in [0, 0.1) is 13.8 Å². The zero-order valence-corrected chi connectivity index (χ0v) is 16.1. The molecule has 0 spiro atoms. The van der Waals surface area contributed by atoms with Crippen LogP contribution in [0.1, 0.15) is 23.9 Å². The van der Waals surface area contributed by atoms with Crippen LogP contribution in [0.3, 0.4) is 0 Å². The van der Waals surface area contributed by atoms with Crippen LogP contribution >= 0.6 is 0 Å². The average Bonchev–Trinajstić information content (AvgIpc) is 2.81. The average molecular weight is 336 g/mol. The van der Waals surface area contributed by atoms with E-state index in [1.165, 1.54) is 11.3 Å². The summed E-state index contributed by atoms with van der Waals surface area (Å²) >= 11 is 0. The maximum Gasteiger partial charge on any atom is 0.191 e. The number of nitrogens with zero attached hydrogens (tertiary/aromatic N) is 5. The molecule has 0 amide bonds. The van der Waals surface area contributed by atoms with E-state index in [9.17, 15) is 0 Å². The van der Waals surface area contributed by atoms with E-state index in [4.69, 9.17) is 0 Å². The van der Waals surface area contributed by atoms with Crippen molar-refractivity contribution in [3.05, 3.63) is 17.0 Å². The van der Waals surface area contributed by atoms with Gasteiger partial charge in [0.25, 0.3) is 0 Å². The highest BCUT2D eigenvalue weighted by atomic mass is 15.3. The van der Waals surface area contributed by atoms with Crippen molar-refractivity contribution in [2.45, 2.75) is 33.4 Å². The molecule has 24 heavy (non-hydrogen) atoms. The molecular formula is C17H33N7. The number of rotatable bonds is 5. The summed E-state index contributed by atoms with van der Waals surface area (Å²) in [5.41, 5.74) is 3.51. The van der Waals surface area contributed by atoms with Crippen LogP contribution in [0.15, 0.2) is 4.99 Å². The number of aromatic nitrogens is 2. The molecule has 136 valence electrons. The zero-order valence-electron chi connectivity index (χ0n) is 16.1. The third-order valence-corrected chi connectivity index (χ3v) is 5.04. The van der Waals surface area contributed by atoms with Gasteiger partial charge in [-0.2, -0.15) is 5.10 Å². The van der Waals surface area contributed by atoms with Crippen molar-refractivity contribution < 1.29 is 0 Å². The Morgan fingerprint density at radius 3 is 2.38 bits per heavy atom. The second-order valence-corrected chi connectivity index (χ2v) is 6.77. The highest BCUT2D eigenvalue weighted by Gasteiger charge is 2.19.